The van der Waals surface area contributed by atoms with Crippen LogP contribution in [0.4, 0.5) is 0 Å². The standard InChI is InChI=1S/C12H22ClN3/c1-5-7-9(3)11(14-6-2)12-10(13)8-15-16(12)4/h8-9,11,14H,5-7H2,1-4H3. The van der Waals surface area contributed by atoms with Crippen molar-refractivity contribution in [1.29, 1.82) is 0 Å². The van der Waals surface area contributed by atoms with Crippen molar-refractivity contribution in [2.45, 2.75) is 39.7 Å². The fourth-order valence-corrected chi connectivity index (χ4v) is 2.46. The van der Waals surface area contributed by atoms with E-state index in [1.807, 2.05) is 11.7 Å². The highest BCUT2D eigenvalue weighted by atomic mass is 35.5. The first kappa shape index (κ1) is 13.5. The predicted octanol–water partition coefficient (Wildman–Crippen LogP) is 3.16. The van der Waals surface area contributed by atoms with Gasteiger partial charge in [0.1, 0.15) is 0 Å². The molecule has 3 nitrogen and oxygen atoms in total. The Balaban J connectivity index is 2.92. The molecule has 16 heavy (non-hydrogen) atoms. The molecule has 0 radical (unpaired) electrons. The highest BCUT2D eigenvalue weighted by molar-refractivity contribution is 6.31. The summed E-state index contributed by atoms with van der Waals surface area (Å²) in [5, 5.41) is 8.47. The molecule has 0 aromatic carbocycles. The van der Waals surface area contributed by atoms with Gasteiger partial charge in [-0.1, -0.05) is 38.8 Å². The Bertz CT molecular complexity index is 303. The fourth-order valence-electron chi connectivity index (χ4n) is 2.18. The van der Waals surface area contributed by atoms with Crippen LogP contribution in [0.2, 0.25) is 5.02 Å². The first-order valence-electron chi connectivity index (χ1n) is 6.02. The van der Waals surface area contributed by atoms with E-state index in [1.165, 1.54) is 12.8 Å². The zero-order valence-corrected chi connectivity index (χ0v) is 11.4. The maximum atomic E-state index is 6.20. The van der Waals surface area contributed by atoms with E-state index in [2.05, 4.69) is 31.2 Å². The van der Waals surface area contributed by atoms with Crippen LogP contribution in [0.5, 0.6) is 0 Å². The molecule has 1 rings (SSSR count). The minimum Gasteiger partial charge on any atom is -0.309 e. The molecule has 0 amide bonds. The molecule has 0 fully saturated rings. The summed E-state index contributed by atoms with van der Waals surface area (Å²) in [5.74, 6) is 0.567. The first-order chi connectivity index (χ1) is 7.61. The van der Waals surface area contributed by atoms with E-state index in [1.54, 1.807) is 6.20 Å². The average molecular weight is 244 g/mol. The minimum absolute atomic E-state index is 0.296. The van der Waals surface area contributed by atoms with E-state index in [0.717, 1.165) is 17.3 Å². The Labute approximate surface area is 103 Å². The Morgan fingerprint density at radius 1 is 1.50 bits per heavy atom. The molecule has 0 aliphatic carbocycles. The van der Waals surface area contributed by atoms with Crippen molar-refractivity contribution in [3.63, 3.8) is 0 Å². The third kappa shape index (κ3) is 2.98. The molecule has 4 heteroatoms. The second-order valence-corrected chi connectivity index (χ2v) is 4.71. The second kappa shape index (κ2) is 6.26. The molecular formula is C12H22ClN3. The van der Waals surface area contributed by atoms with Gasteiger partial charge in [0.05, 0.1) is 23.0 Å². The quantitative estimate of drug-likeness (QED) is 0.832. The van der Waals surface area contributed by atoms with Crippen molar-refractivity contribution >= 4 is 11.6 Å². The fraction of sp³-hybridized carbons (Fsp3) is 0.750. The summed E-state index contributed by atoms with van der Waals surface area (Å²) < 4.78 is 1.88. The van der Waals surface area contributed by atoms with Gasteiger partial charge in [0.15, 0.2) is 0 Å². The SMILES string of the molecule is CCCC(C)C(NCC)c1c(Cl)cnn1C. The molecule has 0 spiro atoms. The Kier molecular flexibility index (Phi) is 5.29. The number of halogens is 1. The summed E-state index contributed by atoms with van der Waals surface area (Å²) in [6.07, 6.45) is 4.11. The van der Waals surface area contributed by atoms with Gasteiger partial charge in [-0.3, -0.25) is 4.68 Å². The monoisotopic (exact) mass is 243 g/mol. The molecule has 92 valence electrons. The topological polar surface area (TPSA) is 29.9 Å². The van der Waals surface area contributed by atoms with E-state index in [-0.39, 0.29) is 0 Å². The first-order valence-corrected chi connectivity index (χ1v) is 6.40. The Morgan fingerprint density at radius 2 is 2.19 bits per heavy atom. The van der Waals surface area contributed by atoms with Crippen molar-refractivity contribution in [3.05, 3.63) is 16.9 Å². The molecule has 0 bridgehead atoms. The molecule has 1 aromatic heterocycles. The van der Waals surface area contributed by atoms with Crippen molar-refractivity contribution in [2.24, 2.45) is 13.0 Å². The molecular weight excluding hydrogens is 222 g/mol. The van der Waals surface area contributed by atoms with E-state index < -0.39 is 0 Å². The van der Waals surface area contributed by atoms with Gasteiger partial charge in [-0.15, -0.1) is 0 Å². The summed E-state index contributed by atoms with van der Waals surface area (Å²) in [7, 11) is 1.95. The Morgan fingerprint density at radius 3 is 2.62 bits per heavy atom. The average Bonchev–Trinajstić information content (AvgIpc) is 2.56. The smallest absolute Gasteiger partial charge is 0.0834 e. The third-order valence-electron chi connectivity index (χ3n) is 2.97. The normalized spacial score (nSPS) is 15.1. The summed E-state index contributed by atoms with van der Waals surface area (Å²) in [6.45, 7) is 7.54. The van der Waals surface area contributed by atoms with Crippen molar-refractivity contribution < 1.29 is 0 Å². The Hall–Kier alpha value is -0.540. The van der Waals surface area contributed by atoms with Crippen LogP contribution in [0.1, 0.15) is 45.3 Å². The van der Waals surface area contributed by atoms with Gasteiger partial charge in [-0.2, -0.15) is 5.10 Å². The number of nitrogens with zero attached hydrogens (tertiary/aromatic N) is 2. The maximum absolute atomic E-state index is 6.20. The van der Waals surface area contributed by atoms with Crippen LogP contribution in [0.25, 0.3) is 0 Å². The van der Waals surface area contributed by atoms with Crippen LogP contribution in [0.3, 0.4) is 0 Å². The van der Waals surface area contributed by atoms with Crippen molar-refractivity contribution in [1.82, 2.24) is 15.1 Å². The van der Waals surface area contributed by atoms with Crippen LogP contribution in [-0.2, 0) is 7.05 Å². The number of aryl methyl sites for hydroxylation is 1. The number of rotatable bonds is 6. The zero-order valence-electron chi connectivity index (χ0n) is 10.6. The molecule has 1 N–H and O–H groups in total. The highest BCUT2D eigenvalue weighted by Gasteiger charge is 2.23. The van der Waals surface area contributed by atoms with Gasteiger partial charge < -0.3 is 5.32 Å². The molecule has 0 saturated carbocycles. The number of hydrogen-bond donors (Lipinski definition) is 1. The van der Waals surface area contributed by atoms with Gasteiger partial charge in [0, 0.05) is 7.05 Å². The summed E-state index contributed by atoms with van der Waals surface area (Å²) in [6, 6.07) is 0.296. The lowest BCUT2D eigenvalue weighted by Gasteiger charge is -2.25. The zero-order chi connectivity index (χ0) is 12.1. The molecule has 0 aliphatic heterocycles. The maximum Gasteiger partial charge on any atom is 0.0834 e. The van der Waals surface area contributed by atoms with Crippen LogP contribution in [0, 0.1) is 5.92 Å². The van der Waals surface area contributed by atoms with Crippen LogP contribution >= 0.6 is 11.6 Å². The van der Waals surface area contributed by atoms with Gasteiger partial charge in [-0.05, 0) is 18.9 Å². The van der Waals surface area contributed by atoms with Gasteiger partial charge >= 0.3 is 0 Å². The molecule has 1 heterocycles. The van der Waals surface area contributed by atoms with E-state index >= 15 is 0 Å². The summed E-state index contributed by atoms with van der Waals surface area (Å²) in [5.41, 5.74) is 1.10. The third-order valence-corrected chi connectivity index (χ3v) is 3.26. The van der Waals surface area contributed by atoms with E-state index in [9.17, 15) is 0 Å². The van der Waals surface area contributed by atoms with Crippen LogP contribution in [0.15, 0.2) is 6.20 Å². The molecule has 0 saturated heterocycles. The van der Waals surface area contributed by atoms with Gasteiger partial charge in [0.2, 0.25) is 0 Å². The van der Waals surface area contributed by atoms with E-state index in [4.69, 9.17) is 11.6 Å². The number of aromatic nitrogens is 2. The van der Waals surface area contributed by atoms with Gasteiger partial charge in [0.25, 0.3) is 0 Å². The highest BCUT2D eigenvalue weighted by Crippen LogP contribution is 2.30. The molecule has 1 aromatic rings. The van der Waals surface area contributed by atoms with Crippen LogP contribution < -0.4 is 5.32 Å². The molecule has 2 unspecified atom stereocenters. The lowest BCUT2D eigenvalue weighted by atomic mass is 9.94. The van der Waals surface area contributed by atoms with Crippen molar-refractivity contribution in [2.75, 3.05) is 6.54 Å². The number of nitrogens with one attached hydrogen (secondary N) is 1. The predicted molar refractivity (Wildman–Crippen MR) is 68.7 cm³/mol. The largest absolute Gasteiger partial charge is 0.309 e. The lowest BCUT2D eigenvalue weighted by Crippen LogP contribution is -2.29. The van der Waals surface area contributed by atoms with Crippen LogP contribution in [-0.4, -0.2) is 16.3 Å². The minimum atomic E-state index is 0.296. The van der Waals surface area contributed by atoms with Gasteiger partial charge in [-0.25, -0.2) is 0 Å². The summed E-state index contributed by atoms with van der Waals surface area (Å²) >= 11 is 6.20. The summed E-state index contributed by atoms with van der Waals surface area (Å²) in [4.78, 5) is 0. The van der Waals surface area contributed by atoms with Crippen molar-refractivity contribution in [3.8, 4) is 0 Å². The second-order valence-electron chi connectivity index (χ2n) is 4.30. The lowest BCUT2D eigenvalue weighted by molar-refractivity contribution is 0.352. The number of hydrogen-bond acceptors (Lipinski definition) is 2. The molecule has 2 atom stereocenters. The van der Waals surface area contributed by atoms with E-state index in [0.29, 0.717) is 12.0 Å². The molecule has 0 aliphatic rings.